The Hall–Kier alpha value is -1.62. The summed E-state index contributed by atoms with van der Waals surface area (Å²) >= 11 is 0. The SMILES string of the molecule is CC1=[N+](CC#N)c2ccccc2C1(C)C. The summed E-state index contributed by atoms with van der Waals surface area (Å²) in [5.41, 5.74) is 3.80. The third kappa shape index (κ3) is 1.27. The van der Waals surface area contributed by atoms with E-state index in [1.54, 1.807) is 0 Å². The molecule has 2 rings (SSSR count). The molecule has 1 aromatic rings. The Morgan fingerprint density at radius 2 is 2.00 bits per heavy atom. The van der Waals surface area contributed by atoms with E-state index in [-0.39, 0.29) is 5.41 Å². The van der Waals surface area contributed by atoms with E-state index in [2.05, 4.69) is 49.6 Å². The van der Waals surface area contributed by atoms with E-state index in [0.29, 0.717) is 6.54 Å². The molecule has 2 heteroatoms. The van der Waals surface area contributed by atoms with Gasteiger partial charge in [-0.1, -0.05) is 18.2 Å². The highest BCUT2D eigenvalue weighted by atomic mass is 15.0. The van der Waals surface area contributed by atoms with E-state index in [9.17, 15) is 0 Å². The first-order chi connectivity index (χ1) is 7.09. The average Bonchev–Trinajstić information content (AvgIpc) is 2.42. The van der Waals surface area contributed by atoms with Crippen molar-refractivity contribution in [3.05, 3.63) is 29.8 Å². The number of hydrogen-bond donors (Lipinski definition) is 0. The van der Waals surface area contributed by atoms with Crippen LogP contribution in [0.15, 0.2) is 24.3 Å². The Labute approximate surface area is 90.5 Å². The molecule has 0 radical (unpaired) electrons. The molecule has 0 unspecified atom stereocenters. The predicted molar refractivity (Wildman–Crippen MR) is 60.5 cm³/mol. The zero-order valence-electron chi connectivity index (χ0n) is 9.41. The van der Waals surface area contributed by atoms with Crippen molar-refractivity contribution >= 4 is 11.4 Å². The maximum absolute atomic E-state index is 8.84. The van der Waals surface area contributed by atoms with Crippen molar-refractivity contribution in [3.8, 4) is 6.07 Å². The van der Waals surface area contributed by atoms with Crippen molar-refractivity contribution in [1.82, 2.24) is 0 Å². The number of nitrogens with zero attached hydrogens (tertiary/aromatic N) is 2. The quantitative estimate of drug-likeness (QED) is 0.504. The Bertz CT molecular complexity index is 476. The lowest BCUT2D eigenvalue weighted by Gasteiger charge is -2.14. The van der Waals surface area contributed by atoms with Crippen LogP contribution in [0.1, 0.15) is 26.3 Å². The van der Waals surface area contributed by atoms with Crippen molar-refractivity contribution in [1.29, 1.82) is 5.26 Å². The van der Waals surface area contributed by atoms with Gasteiger partial charge in [0.2, 0.25) is 12.2 Å². The van der Waals surface area contributed by atoms with Crippen LogP contribution in [0.3, 0.4) is 0 Å². The summed E-state index contributed by atoms with van der Waals surface area (Å²) in [4.78, 5) is 0. The second-order valence-corrected chi connectivity index (χ2v) is 4.47. The van der Waals surface area contributed by atoms with E-state index < -0.39 is 0 Å². The number of rotatable bonds is 1. The molecule has 76 valence electrons. The van der Waals surface area contributed by atoms with E-state index in [4.69, 9.17) is 5.26 Å². The molecule has 0 amide bonds. The van der Waals surface area contributed by atoms with Gasteiger partial charge in [-0.15, -0.1) is 0 Å². The lowest BCUT2D eigenvalue weighted by molar-refractivity contribution is -0.424. The van der Waals surface area contributed by atoms with Gasteiger partial charge in [0.05, 0.1) is 5.41 Å². The number of fused-ring (bicyclic) bond motifs is 1. The van der Waals surface area contributed by atoms with Crippen LogP contribution >= 0.6 is 0 Å². The van der Waals surface area contributed by atoms with Gasteiger partial charge >= 0.3 is 0 Å². The third-order valence-electron chi connectivity index (χ3n) is 3.41. The minimum absolute atomic E-state index is 0.0491. The summed E-state index contributed by atoms with van der Waals surface area (Å²) in [5, 5.41) is 8.84. The first-order valence-electron chi connectivity index (χ1n) is 5.17. The fourth-order valence-corrected chi connectivity index (χ4v) is 2.22. The number of para-hydroxylation sites is 1. The lowest BCUT2D eigenvalue weighted by Crippen LogP contribution is -2.26. The first-order valence-corrected chi connectivity index (χ1v) is 5.17. The Morgan fingerprint density at radius 1 is 1.33 bits per heavy atom. The fourth-order valence-electron chi connectivity index (χ4n) is 2.22. The largest absolute Gasteiger partial charge is 0.234 e. The average molecular weight is 199 g/mol. The van der Waals surface area contributed by atoms with Crippen molar-refractivity contribution in [2.45, 2.75) is 26.2 Å². The Balaban J connectivity index is 2.66. The minimum Gasteiger partial charge on any atom is -0.191 e. The van der Waals surface area contributed by atoms with Crippen LogP contribution in [-0.4, -0.2) is 16.8 Å². The van der Waals surface area contributed by atoms with Crippen LogP contribution in [0.4, 0.5) is 5.69 Å². The molecule has 0 fully saturated rings. The van der Waals surface area contributed by atoms with Gasteiger partial charge in [0.15, 0.2) is 5.71 Å². The smallest absolute Gasteiger partial charge is 0.191 e. The van der Waals surface area contributed by atoms with Crippen LogP contribution in [0.2, 0.25) is 0 Å². The zero-order chi connectivity index (χ0) is 11.1. The maximum Gasteiger partial charge on any atom is 0.234 e. The molecule has 0 N–H and O–H groups in total. The van der Waals surface area contributed by atoms with Crippen LogP contribution in [-0.2, 0) is 5.41 Å². The summed E-state index contributed by atoms with van der Waals surface area (Å²) in [7, 11) is 0. The van der Waals surface area contributed by atoms with Gasteiger partial charge < -0.3 is 0 Å². The summed E-state index contributed by atoms with van der Waals surface area (Å²) < 4.78 is 2.11. The Kier molecular flexibility index (Phi) is 2.12. The topological polar surface area (TPSA) is 26.8 Å². The molecule has 1 heterocycles. The van der Waals surface area contributed by atoms with Gasteiger partial charge in [-0.2, -0.15) is 9.84 Å². The number of benzene rings is 1. The lowest BCUT2D eigenvalue weighted by atomic mass is 9.82. The van der Waals surface area contributed by atoms with Crippen molar-refractivity contribution < 1.29 is 4.58 Å². The molecule has 1 aromatic carbocycles. The molecule has 0 aliphatic carbocycles. The standard InChI is InChI=1S/C13H15N2/c1-10-13(2,3)11-6-4-5-7-12(11)15(10)9-8-14/h4-7H,9H2,1-3H3/q+1. The van der Waals surface area contributed by atoms with Crippen LogP contribution in [0.5, 0.6) is 0 Å². The molecule has 0 bridgehead atoms. The molecule has 0 spiro atoms. The van der Waals surface area contributed by atoms with Gasteiger partial charge in [0.25, 0.3) is 0 Å². The Morgan fingerprint density at radius 3 is 2.67 bits per heavy atom. The summed E-state index contributed by atoms with van der Waals surface area (Å²) in [6.45, 7) is 6.96. The zero-order valence-corrected chi connectivity index (χ0v) is 9.41. The first kappa shape index (κ1) is 9.92. The highest BCUT2D eigenvalue weighted by Gasteiger charge is 2.42. The van der Waals surface area contributed by atoms with Crippen molar-refractivity contribution in [2.24, 2.45) is 0 Å². The minimum atomic E-state index is 0.0491. The fraction of sp³-hybridized carbons (Fsp3) is 0.385. The molecule has 2 nitrogen and oxygen atoms in total. The molecule has 0 saturated carbocycles. The van der Waals surface area contributed by atoms with E-state index in [1.165, 1.54) is 17.0 Å². The molecule has 0 saturated heterocycles. The van der Waals surface area contributed by atoms with Crippen LogP contribution < -0.4 is 0 Å². The summed E-state index contributed by atoms with van der Waals surface area (Å²) in [6.07, 6.45) is 0. The van der Waals surface area contributed by atoms with E-state index in [0.717, 1.165) is 0 Å². The monoisotopic (exact) mass is 199 g/mol. The van der Waals surface area contributed by atoms with Gasteiger partial charge in [0.1, 0.15) is 6.07 Å². The maximum atomic E-state index is 8.84. The highest BCUT2D eigenvalue weighted by Crippen LogP contribution is 2.38. The molecular weight excluding hydrogens is 184 g/mol. The molecule has 0 atom stereocenters. The number of nitriles is 1. The van der Waals surface area contributed by atoms with Crippen molar-refractivity contribution in [3.63, 3.8) is 0 Å². The van der Waals surface area contributed by atoms with Gasteiger partial charge in [-0.25, -0.2) is 0 Å². The summed E-state index contributed by atoms with van der Waals surface area (Å²) in [5.74, 6) is 0. The van der Waals surface area contributed by atoms with E-state index >= 15 is 0 Å². The highest BCUT2D eigenvalue weighted by molar-refractivity contribution is 5.93. The van der Waals surface area contributed by atoms with Gasteiger partial charge in [-0.05, 0) is 13.8 Å². The predicted octanol–water partition coefficient (Wildman–Crippen LogP) is 2.61. The second kappa shape index (κ2) is 3.20. The number of hydrogen-bond acceptors (Lipinski definition) is 1. The third-order valence-corrected chi connectivity index (χ3v) is 3.41. The second-order valence-electron chi connectivity index (χ2n) is 4.47. The van der Waals surface area contributed by atoms with Crippen molar-refractivity contribution in [2.75, 3.05) is 6.54 Å². The molecule has 0 aromatic heterocycles. The van der Waals surface area contributed by atoms with E-state index in [1.807, 2.05) is 6.07 Å². The molecule has 1 aliphatic rings. The van der Waals surface area contributed by atoms with Gasteiger partial charge in [0, 0.05) is 18.6 Å². The van der Waals surface area contributed by atoms with Crippen LogP contribution in [0, 0.1) is 11.3 Å². The summed E-state index contributed by atoms with van der Waals surface area (Å²) in [6, 6.07) is 10.5. The molecular formula is C13H15N2+. The normalized spacial score (nSPS) is 17.5. The molecule has 1 aliphatic heterocycles. The molecule has 15 heavy (non-hydrogen) atoms. The van der Waals surface area contributed by atoms with Gasteiger partial charge in [-0.3, -0.25) is 0 Å². The van der Waals surface area contributed by atoms with Crippen LogP contribution in [0.25, 0.3) is 0 Å².